The Morgan fingerprint density at radius 1 is 1.30 bits per heavy atom. The van der Waals surface area contributed by atoms with Crippen molar-refractivity contribution in [2.24, 2.45) is 0 Å². The largest absolute Gasteiger partial charge is 0.492 e. The lowest BCUT2D eigenvalue weighted by atomic mass is 10.1. The number of hydrogen-bond donors (Lipinski definition) is 0. The molecule has 0 amide bonds. The van der Waals surface area contributed by atoms with Crippen LogP contribution in [0.4, 0.5) is 8.78 Å². The van der Waals surface area contributed by atoms with Gasteiger partial charge in [-0.25, -0.2) is 8.78 Å². The molecule has 0 N–H and O–H groups in total. The van der Waals surface area contributed by atoms with Crippen molar-refractivity contribution in [3.63, 3.8) is 0 Å². The van der Waals surface area contributed by atoms with Crippen molar-refractivity contribution in [1.29, 1.82) is 0 Å². The van der Waals surface area contributed by atoms with E-state index in [4.69, 9.17) is 21.1 Å². The third-order valence-electron chi connectivity index (χ3n) is 2.54. The van der Waals surface area contributed by atoms with Gasteiger partial charge in [0.25, 0.3) is 6.43 Å². The molecule has 1 atom stereocenters. The first-order chi connectivity index (χ1) is 9.54. The number of halogens is 4. The van der Waals surface area contributed by atoms with E-state index in [1.807, 2.05) is 25.1 Å². The minimum Gasteiger partial charge on any atom is -0.492 e. The summed E-state index contributed by atoms with van der Waals surface area (Å²) < 4.78 is 35.0. The van der Waals surface area contributed by atoms with E-state index in [0.717, 1.165) is 22.2 Å². The van der Waals surface area contributed by atoms with Crippen molar-refractivity contribution in [1.82, 2.24) is 0 Å². The van der Waals surface area contributed by atoms with E-state index < -0.39 is 13.0 Å². The van der Waals surface area contributed by atoms with Crippen molar-refractivity contribution < 1.29 is 18.3 Å². The van der Waals surface area contributed by atoms with Gasteiger partial charge >= 0.3 is 0 Å². The molecule has 1 aromatic carbocycles. The highest BCUT2D eigenvalue weighted by molar-refractivity contribution is 9.10. The Morgan fingerprint density at radius 2 is 2.05 bits per heavy atom. The number of ether oxygens (including phenoxy) is 2. The quantitative estimate of drug-likeness (QED) is 0.439. The summed E-state index contributed by atoms with van der Waals surface area (Å²) in [4.78, 5) is 0. The summed E-state index contributed by atoms with van der Waals surface area (Å²) in [6.07, 6.45) is -1.02. The van der Waals surface area contributed by atoms with Crippen LogP contribution in [-0.2, 0) is 4.74 Å². The standard InChI is InChI=1S/C14H18BrClF2O2/c1-2-6-20-13-4-3-10(8-11(13)15)12(16)5-7-19-9-14(17)18/h3-4,8,12,14H,2,5-7,9H2,1H3. The highest BCUT2D eigenvalue weighted by Crippen LogP contribution is 2.32. The molecule has 0 aliphatic rings. The third kappa shape index (κ3) is 6.37. The lowest BCUT2D eigenvalue weighted by molar-refractivity contribution is 0.0165. The van der Waals surface area contributed by atoms with E-state index in [-0.39, 0.29) is 12.0 Å². The normalized spacial score (nSPS) is 12.7. The molecule has 114 valence electrons. The van der Waals surface area contributed by atoms with Crippen molar-refractivity contribution in [3.05, 3.63) is 28.2 Å². The maximum Gasteiger partial charge on any atom is 0.261 e. The Morgan fingerprint density at radius 3 is 2.65 bits per heavy atom. The van der Waals surface area contributed by atoms with E-state index in [2.05, 4.69) is 15.9 Å². The van der Waals surface area contributed by atoms with Gasteiger partial charge in [0.2, 0.25) is 0 Å². The molecule has 0 fully saturated rings. The summed E-state index contributed by atoms with van der Waals surface area (Å²) in [6, 6.07) is 5.61. The highest BCUT2D eigenvalue weighted by atomic mass is 79.9. The molecule has 20 heavy (non-hydrogen) atoms. The van der Waals surface area contributed by atoms with Crippen LogP contribution >= 0.6 is 27.5 Å². The van der Waals surface area contributed by atoms with E-state index in [0.29, 0.717) is 13.0 Å². The Kier molecular flexibility index (Phi) is 8.41. The molecular formula is C14H18BrClF2O2. The lowest BCUT2D eigenvalue weighted by Gasteiger charge is -2.13. The molecule has 0 bridgehead atoms. The van der Waals surface area contributed by atoms with Crippen LogP contribution in [0.15, 0.2) is 22.7 Å². The molecule has 6 heteroatoms. The first-order valence-corrected chi connectivity index (χ1v) is 7.69. The van der Waals surface area contributed by atoms with Crippen LogP contribution in [0.3, 0.4) is 0 Å². The van der Waals surface area contributed by atoms with Gasteiger partial charge in [0.15, 0.2) is 0 Å². The predicted octanol–water partition coefficient (Wildman–Crippen LogP) is 5.19. The second-order valence-electron chi connectivity index (χ2n) is 4.26. The molecule has 0 aliphatic heterocycles. The SMILES string of the molecule is CCCOc1ccc(C(Cl)CCOCC(F)F)cc1Br. The molecule has 1 aromatic rings. The van der Waals surface area contributed by atoms with Gasteiger partial charge in [0.1, 0.15) is 12.4 Å². The van der Waals surface area contributed by atoms with Crippen LogP contribution in [0.5, 0.6) is 5.75 Å². The summed E-state index contributed by atoms with van der Waals surface area (Å²) in [6.45, 7) is 2.36. The Labute approximate surface area is 131 Å². The maximum atomic E-state index is 11.9. The van der Waals surface area contributed by atoms with Crippen LogP contribution in [0.2, 0.25) is 0 Å². The van der Waals surface area contributed by atoms with Crippen LogP contribution in [0.25, 0.3) is 0 Å². The van der Waals surface area contributed by atoms with Crippen LogP contribution < -0.4 is 4.74 Å². The molecule has 2 nitrogen and oxygen atoms in total. The van der Waals surface area contributed by atoms with Gasteiger partial charge in [0, 0.05) is 6.61 Å². The molecular weight excluding hydrogens is 354 g/mol. The van der Waals surface area contributed by atoms with Gasteiger partial charge in [-0.15, -0.1) is 11.6 Å². The third-order valence-corrected chi connectivity index (χ3v) is 3.63. The zero-order chi connectivity index (χ0) is 15.0. The van der Waals surface area contributed by atoms with Crippen LogP contribution in [0.1, 0.15) is 30.7 Å². The molecule has 0 radical (unpaired) electrons. The second-order valence-corrected chi connectivity index (χ2v) is 5.64. The Bertz CT molecular complexity index is 405. The minimum atomic E-state index is -2.44. The zero-order valence-corrected chi connectivity index (χ0v) is 13.6. The minimum absolute atomic E-state index is 0.213. The smallest absolute Gasteiger partial charge is 0.261 e. The fourth-order valence-corrected chi connectivity index (χ4v) is 2.30. The number of alkyl halides is 3. The number of hydrogen-bond acceptors (Lipinski definition) is 2. The molecule has 0 aromatic heterocycles. The Balaban J connectivity index is 2.47. The summed E-state index contributed by atoms with van der Waals surface area (Å²) in [5.74, 6) is 0.772. The zero-order valence-electron chi connectivity index (χ0n) is 11.3. The van der Waals surface area contributed by atoms with Crippen molar-refractivity contribution in [2.75, 3.05) is 19.8 Å². The average Bonchev–Trinajstić information content (AvgIpc) is 2.41. The van der Waals surface area contributed by atoms with Crippen molar-refractivity contribution in [2.45, 2.75) is 31.6 Å². The fraction of sp³-hybridized carbons (Fsp3) is 0.571. The molecule has 0 saturated carbocycles. The topological polar surface area (TPSA) is 18.5 Å². The van der Waals surface area contributed by atoms with E-state index in [1.165, 1.54) is 0 Å². The van der Waals surface area contributed by atoms with Crippen LogP contribution in [-0.4, -0.2) is 26.2 Å². The predicted molar refractivity (Wildman–Crippen MR) is 80.0 cm³/mol. The summed E-state index contributed by atoms with van der Waals surface area (Å²) in [5.41, 5.74) is 0.906. The summed E-state index contributed by atoms with van der Waals surface area (Å²) in [7, 11) is 0. The molecule has 1 unspecified atom stereocenters. The monoisotopic (exact) mass is 370 g/mol. The maximum absolute atomic E-state index is 11.9. The van der Waals surface area contributed by atoms with Gasteiger partial charge in [-0.2, -0.15) is 0 Å². The fourth-order valence-electron chi connectivity index (χ4n) is 1.57. The summed E-state index contributed by atoms with van der Waals surface area (Å²) in [5, 5.41) is -0.274. The number of rotatable bonds is 9. The van der Waals surface area contributed by atoms with Gasteiger partial charge < -0.3 is 9.47 Å². The lowest BCUT2D eigenvalue weighted by Crippen LogP contribution is -2.07. The number of benzene rings is 1. The average molecular weight is 372 g/mol. The van der Waals surface area contributed by atoms with Crippen molar-refractivity contribution in [3.8, 4) is 5.75 Å². The Hall–Kier alpha value is -0.390. The van der Waals surface area contributed by atoms with Gasteiger partial charge in [-0.1, -0.05) is 13.0 Å². The van der Waals surface area contributed by atoms with Gasteiger partial charge in [0.05, 0.1) is 16.5 Å². The van der Waals surface area contributed by atoms with Gasteiger partial charge in [-0.05, 0) is 46.5 Å². The second kappa shape index (κ2) is 9.53. The molecule has 1 rings (SSSR count). The highest BCUT2D eigenvalue weighted by Gasteiger charge is 2.11. The van der Waals surface area contributed by atoms with Crippen LogP contribution in [0, 0.1) is 0 Å². The van der Waals surface area contributed by atoms with Gasteiger partial charge in [-0.3, -0.25) is 0 Å². The molecule has 0 heterocycles. The molecule has 0 saturated heterocycles. The van der Waals surface area contributed by atoms with E-state index >= 15 is 0 Å². The van der Waals surface area contributed by atoms with Crippen molar-refractivity contribution >= 4 is 27.5 Å². The first kappa shape index (κ1) is 17.7. The molecule has 0 spiro atoms. The summed E-state index contributed by atoms with van der Waals surface area (Å²) >= 11 is 9.65. The first-order valence-electron chi connectivity index (χ1n) is 6.46. The van der Waals surface area contributed by atoms with E-state index in [1.54, 1.807) is 0 Å². The van der Waals surface area contributed by atoms with E-state index in [9.17, 15) is 8.78 Å². The molecule has 0 aliphatic carbocycles.